The van der Waals surface area contributed by atoms with Gasteiger partial charge < -0.3 is 9.15 Å². The SMILES string of the molecule is CCc1ccc(C2CCC(CBr)O2)o1. The lowest BCUT2D eigenvalue weighted by Crippen LogP contribution is -2.06. The number of furan rings is 1. The maximum atomic E-state index is 5.81. The fourth-order valence-corrected chi connectivity index (χ4v) is 2.26. The molecule has 2 heterocycles. The third-order valence-electron chi connectivity index (χ3n) is 2.63. The lowest BCUT2D eigenvalue weighted by molar-refractivity contribution is 0.0448. The van der Waals surface area contributed by atoms with Gasteiger partial charge in [-0.3, -0.25) is 0 Å². The summed E-state index contributed by atoms with van der Waals surface area (Å²) in [6, 6.07) is 4.08. The van der Waals surface area contributed by atoms with Crippen molar-refractivity contribution in [3.63, 3.8) is 0 Å². The average molecular weight is 259 g/mol. The van der Waals surface area contributed by atoms with E-state index in [1.165, 1.54) is 0 Å². The van der Waals surface area contributed by atoms with Gasteiger partial charge in [-0.05, 0) is 25.0 Å². The summed E-state index contributed by atoms with van der Waals surface area (Å²) in [7, 11) is 0. The highest BCUT2D eigenvalue weighted by Crippen LogP contribution is 2.34. The van der Waals surface area contributed by atoms with E-state index in [2.05, 4.69) is 22.9 Å². The van der Waals surface area contributed by atoms with Crippen LogP contribution in [0.3, 0.4) is 0 Å². The molecule has 0 saturated carbocycles. The van der Waals surface area contributed by atoms with Crippen molar-refractivity contribution in [1.82, 2.24) is 0 Å². The molecule has 1 aliphatic heterocycles. The van der Waals surface area contributed by atoms with Crippen molar-refractivity contribution < 1.29 is 9.15 Å². The molecule has 14 heavy (non-hydrogen) atoms. The van der Waals surface area contributed by atoms with Crippen LogP contribution in [0.2, 0.25) is 0 Å². The molecular formula is C11H15BrO2. The second kappa shape index (κ2) is 4.49. The van der Waals surface area contributed by atoms with Crippen LogP contribution in [0, 0.1) is 0 Å². The van der Waals surface area contributed by atoms with Crippen molar-refractivity contribution in [3.8, 4) is 0 Å². The van der Waals surface area contributed by atoms with Crippen LogP contribution in [0.5, 0.6) is 0 Å². The minimum absolute atomic E-state index is 0.179. The molecule has 0 aliphatic carbocycles. The normalized spacial score (nSPS) is 27.0. The molecule has 0 N–H and O–H groups in total. The first kappa shape index (κ1) is 10.2. The van der Waals surface area contributed by atoms with Crippen molar-refractivity contribution >= 4 is 15.9 Å². The van der Waals surface area contributed by atoms with Crippen LogP contribution in [0.4, 0.5) is 0 Å². The zero-order chi connectivity index (χ0) is 9.97. The highest BCUT2D eigenvalue weighted by Gasteiger charge is 2.27. The van der Waals surface area contributed by atoms with Crippen molar-refractivity contribution in [2.75, 3.05) is 5.33 Å². The van der Waals surface area contributed by atoms with Gasteiger partial charge in [-0.2, -0.15) is 0 Å². The van der Waals surface area contributed by atoms with Crippen LogP contribution in [0.25, 0.3) is 0 Å². The van der Waals surface area contributed by atoms with Gasteiger partial charge in [-0.1, -0.05) is 22.9 Å². The Balaban J connectivity index is 2.02. The first-order valence-electron chi connectivity index (χ1n) is 5.13. The summed E-state index contributed by atoms with van der Waals surface area (Å²) < 4.78 is 11.5. The number of hydrogen-bond acceptors (Lipinski definition) is 2. The van der Waals surface area contributed by atoms with Crippen LogP contribution in [0.15, 0.2) is 16.5 Å². The van der Waals surface area contributed by atoms with E-state index in [1.807, 2.05) is 12.1 Å². The molecule has 0 amide bonds. The third kappa shape index (κ3) is 2.04. The Labute approximate surface area is 92.8 Å². The van der Waals surface area contributed by atoms with Crippen molar-refractivity contribution in [2.24, 2.45) is 0 Å². The number of ether oxygens (including phenoxy) is 1. The van der Waals surface area contributed by atoms with Gasteiger partial charge in [0.1, 0.15) is 17.6 Å². The molecule has 1 aromatic heterocycles. The van der Waals surface area contributed by atoms with Gasteiger partial charge >= 0.3 is 0 Å². The topological polar surface area (TPSA) is 22.4 Å². The monoisotopic (exact) mass is 258 g/mol. The highest BCUT2D eigenvalue weighted by atomic mass is 79.9. The maximum absolute atomic E-state index is 5.81. The standard InChI is InChI=1S/C11H15BrO2/c1-2-8-3-5-10(13-8)11-6-4-9(7-12)14-11/h3,5,9,11H,2,4,6-7H2,1H3. The molecule has 0 spiro atoms. The summed E-state index contributed by atoms with van der Waals surface area (Å²) in [6.07, 6.45) is 3.69. The fraction of sp³-hybridized carbons (Fsp3) is 0.636. The van der Waals surface area contributed by atoms with Crippen molar-refractivity contribution in [2.45, 2.75) is 38.4 Å². The Kier molecular flexibility index (Phi) is 3.29. The summed E-state index contributed by atoms with van der Waals surface area (Å²) in [6.45, 7) is 2.10. The van der Waals surface area contributed by atoms with Gasteiger partial charge in [0.15, 0.2) is 0 Å². The Hall–Kier alpha value is -0.280. The summed E-state index contributed by atoms with van der Waals surface area (Å²) >= 11 is 3.44. The van der Waals surface area contributed by atoms with E-state index in [0.717, 1.165) is 36.1 Å². The molecule has 2 rings (SSSR count). The van der Waals surface area contributed by atoms with E-state index in [-0.39, 0.29) is 6.10 Å². The van der Waals surface area contributed by atoms with Gasteiger partial charge in [-0.25, -0.2) is 0 Å². The van der Waals surface area contributed by atoms with Crippen LogP contribution >= 0.6 is 15.9 Å². The predicted molar refractivity (Wildman–Crippen MR) is 58.7 cm³/mol. The van der Waals surface area contributed by atoms with E-state index in [0.29, 0.717) is 6.10 Å². The molecule has 1 aliphatic rings. The van der Waals surface area contributed by atoms with Crippen LogP contribution in [-0.4, -0.2) is 11.4 Å². The molecular weight excluding hydrogens is 244 g/mol. The number of hydrogen-bond donors (Lipinski definition) is 0. The molecule has 0 aromatic carbocycles. The molecule has 1 saturated heterocycles. The number of rotatable bonds is 3. The smallest absolute Gasteiger partial charge is 0.132 e. The zero-order valence-electron chi connectivity index (χ0n) is 8.33. The van der Waals surface area contributed by atoms with Gasteiger partial charge in [-0.15, -0.1) is 0 Å². The van der Waals surface area contributed by atoms with Gasteiger partial charge in [0, 0.05) is 11.8 Å². The Morgan fingerprint density at radius 3 is 2.86 bits per heavy atom. The molecule has 3 heteroatoms. The van der Waals surface area contributed by atoms with Crippen LogP contribution in [0.1, 0.15) is 37.4 Å². The minimum atomic E-state index is 0.179. The van der Waals surface area contributed by atoms with Gasteiger partial charge in [0.2, 0.25) is 0 Å². The van der Waals surface area contributed by atoms with Gasteiger partial charge in [0.05, 0.1) is 6.10 Å². The Morgan fingerprint density at radius 1 is 1.43 bits per heavy atom. The lowest BCUT2D eigenvalue weighted by Gasteiger charge is -2.08. The van der Waals surface area contributed by atoms with Crippen LogP contribution < -0.4 is 0 Å². The molecule has 2 unspecified atom stereocenters. The molecule has 1 fully saturated rings. The molecule has 0 bridgehead atoms. The van der Waals surface area contributed by atoms with E-state index in [9.17, 15) is 0 Å². The van der Waals surface area contributed by atoms with Crippen LogP contribution in [-0.2, 0) is 11.2 Å². The maximum Gasteiger partial charge on any atom is 0.132 e. The summed E-state index contributed by atoms with van der Waals surface area (Å²) in [5.41, 5.74) is 0. The van der Waals surface area contributed by atoms with E-state index in [4.69, 9.17) is 9.15 Å². The second-order valence-electron chi connectivity index (χ2n) is 3.64. The Morgan fingerprint density at radius 2 is 2.29 bits per heavy atom. The first-order chi connectivity index (χ1) is 6.83. The van der Waals surface area contributed by atoms with E-state index in [1.54, 1.807) is 0 Å². The van der Waals surface area contributed by atoms with Crippen molar-refractivity contribution in [1.29, 1.82) is 0 Å². The quantitative estimate of drug-likeness (QED) is 0.775. The average Bonchev–Trinajstić information content (AvgIpc) is 2.86. The summed E-state index contributed by atoms with van der Waals surface area (Å²) in [4.78, 5) is 0. The molecule has 78 valence electrons. The first-order valence-corrected chi connectivity index (χ1v) is 6.25. The second-order valence-corrected chi connectivity index (χ2v) is 4.28. The number of halogens is 1. The summed E-state index contributed by atoms with van der Waals surface area (Å²) in [5.74, 6) is 2.04. The molecule has 0 radical (unpaired) electrons. The third-order valence-corrected chi connectivity index (χ3v) is 3.35. The fourth-order valence-electron chi connectivity index (χ4n) is 1.79. The zero-order valence-corrected chi connectivity index (χ0v) is 9.92. The molecule has 1 aromatic rings. The number of alkyl halides is 1. The number of aryl methyl sites for hydroxylation is 1. The van der Waals surface area contributed by atoms with E-state index >= 15 is 0 Å². The summed E-state index contributed by atoms with van der Waals surface area (Å²) in [5, 5.41) is 0.921. The predicted octanol–water partition coefficient (Wildman–Crippen LogP) is 3.46. The van der Waals surface area contributed by atoms with E-state index < -0.39 is 0 Å². The van der Waals surface area contributed by atoms with Gasteiger partial charge in [0.25, 0.3) is 0 Å². The lowest BCUT2D eigenvalue weighted by atomic mass is 10.2. The Bertz CT molecular complexity index is 295. The minimum Gasteiger partial charge on any atom is -0.463 e. The largest absolute Gasteiger partial charge is 0.463 e. The highest BCUT2D eigenvalue weighted by molar-refractivity contribution is 9.09. The molecule has 2 atom stereocenters. The van der Waals surface area contributed by atoms with Crippen molar-refractivity contribution in [3.05, 3.63) is 23.7 Å². The molecule has 2 nitrogen and oxygen atoms in total.